The highest BCUT2D eigenvalue weighted by Crippen LogP contribution is 2.20. The standard InChI is InChI=1S/C12H14O2/c1-10(14)12(2,9-13)8-11-6-4-3-5-7-11/h3-7,9H,8H2,1-2H3. The molecule has 74 valence electrons. The van der Waals surface area contributed by atoms with Crippen LogP contribution in [-0.2, 0) is 16.0 Å². The lowest BCUT2D eigenvalue weighted by Gasteiger charge is -2.19. The Bertz CT molecular complexity index is 329. The van der Waals surface area contributed by atoms with Gasteiger partial charge in [0.05, 0.1) is 5.41 Å². The third kappa shape index (κ3) is 2.28. The van der Waals surface area contributed by atoms with E-state index in [0.29, 0.717) is 6.42 Å². The van der Waals surface area contributed by atoms with E-state index in [1.165, 1.54) is 6.92 Å². The van der Waals surface area contributed by atoms with Gasteiger partial charge in [0.2, 0.25) is 0 Å². The Balaban J connectivity index is 2.86. The third-order valence-electron chi connectivity index (χ3n) is 2.48. The average Bonchev–Trinajstić information content (AvgIpc) is 2.19. The average molecular weight is 190 g/mol. The first-order valence-electron chi connectivity index (χ1n) is 4.60. The summed E-state index contributed by atoms with van der Waals surface area (Å²) < 4.78 is 0. The minimum absolute atomic E-state index is 0.0867. The lowest BCUT2D eigenvalue weighted by atomic mass is 9.82. The molecule has 2 nitrogen and oxygen atoms in total. The predicted octanol–water partition coefficient (Wildman–Crippen LogP) is 2.02. The molecule has 0 aliphatic carbocycles. The maximum absolute atomic E-state index is 11.3. The summed E-state index contributed by atoms with van der Waals surface area (Å²) in [5.41, 5.74) is 0.138. The van der Waals surface area contributed by atoms with Gasteiger partial charge >= 0.3 is 0 Å². The lowest BCUT2D eigenvalue weighted by molar-refractivity contribution is -0.131. The number of aldehydes is 1. The van der Waals surface area contributed by atoms with Crippen LogP contribution in [0.1, 0.15) is 19.4 Å². The van der Waals surface area contributed by atoms with Crippen LogP contribution >= 0.6 is 0 Å². The Kier molecular flexibility index (Phi) is 3.18. The first kappa shape index (κ1) is 10.6. The first-order valence-corrected chi connectivity index (χ1v) is 4.60. The molecule has 1 atom stereocenters. The summed E-state index contributed by atoms with van der Waals surface area (Å²) >= 11 is 0. The predicted molar refractivity (Wildman–Crippen MR) is 55.0 cm³/mol. The van der Waals surface area contributed by atoms with E-state index >= 15 is 0 Å². The molecular formula is C12H14O2. The molecule has 1 aromatic carbocycles. The Morgan fingerprint density at radius 3 is 2.36 bits per heavy atom. The summed E-state index contributed by atoms with van der Waals surface area (Å²) in [7, 11) is 0. The number of rotatable bonds is 4. The zero-order valence-corrected chi connectivity index (χ0v) is 8.49. The van der Waals surface area contributed by atoms with Crippen LogP contribution in [0, 0.1) is 5.41 Å². The molecule has 0 spiro atoms. The number of hydrogen-bond donors (Lipinski definition) is 0. The van der Waals surface area contributed by atoms with Crippen molar-refractivity contribution < 1.29 is 9.59 Å². The van der Waals surface area contributed by atoms with Crippen molar-refractivity contribution in [1.82, 2.24) is 0 Å². The van der Waals surface area contributed by atoms with Gasteiger partial charge in [0.15, 0.2) is 0 Å². The Hall–Kier alpha value is -1.44. The van der Waals surface area contributed by atoms with Gasteiger partial charge in [-0.15, -0.1) is 0 Å². The summed E-state index contributed by atoms with van der Waals surface area (Å²) in [5.74, 6) is -0.0867. The van der Waals surface area contributed by atoms with Crippen molar-refractivity contribution in [2.24, 2.45) is 5.41 Å². The summed E-state index contributed by atoms with van der Waals surface area (Å²) in [5, 5.41) is 0. The van der Waals surface area contributed by atoms with Crippen molar-refractivity contribution in [1.29, 1.82) is 0 Å². The van der Waals surface area contributed by atoms with E-state index in [2.05, 4.69) is 0 Å². The molecule has 1 rings (SSSR count). The molecule has 2 heteroatoms. The number of hydrogen-bond acceptors (Lipinski definition) is 2. The zero-order valence-electron chi connectivity index (χ0n) is 8.49. The highest BCUT2D eigenvalue weighted by molar-refractivity contribution is 5.96. The SMILES string of the molecule is CC(=O)C(C)(C=O)Cc1ccccc1. The maximum Gasteiger partial charge on any atom is 0.143 e. The van der Waals surface area contributed by atoms with E-state index in [1.54, 1.807) is 6.92 Å². The number of benzene rings is 1. The van der Waals surface area contributed by atoms with Crippen LogP contribution in [0.25, 0.3) is 0 Å². The van der Waals surface area contributed by atoms with Gasteiger partial charge in [0.1, 0.15) is 12.1 Å². The van der Waals surface area contributed by atoms with E-state index in [1.807, 2.05) is 30.3 Å². The zero-order chi connectivity index (χ0) is 10.6. The van der Waals surface area contributed by atoms with E-state index in [9.17, 15) is 9.59 Å². The van der Waals surface area contributed by atoms with Gasteiger partial charge in [-0.25, -0.2) is 0 Å². The monoisotopic (exact) mass is 190 g/mol. The highest BCUT2D eigenvalue weighted by Gasteiger charge is 2.29. The molecule has 0 fully saturated rings. The van der Waals surface area contributed by atoms with Crippen molar-refractivity contribution in [3.63, 3.8) is 0 Å². The number of carbonyl (C=O) groups is 2. The number of ketones is 1. The molecule has 0 heterocycles. The Morgan fingerprint density at radius 1 is 1.36 bits per heavy atom. The number of Topliss-reactive ketones (excluding diaryl/α,β-unsaturated/α-hetero) is 1. The normalized spacial score (nSPS) is 14.4. The summed E-state index contributed by atoms with van der Waals surface area (Å²) in [4.78, 5) is 22.1. The molecule has 0 aromatic heterocycles. The van der Waals surface area contributed by atoms with Crippen molar-refractivity contribution in [3.05, 3.63) is 35.9 Å². The minimum atomic E-state index is -0.874. The molecule has 0 radical (unpaired) electrons. The fourth-order valence-corrected chi connectivity index (χ4v) is 1.27. The maximum atomic E-state index is 11.3. The van der Waals surface area contributed by atoms with Crippen LogP contribution in [0.3, 0.4) is 0 Å². The molecule has 1 aromatic rings. The lowest BCUT2D eigenvalue weighted by Crippen LogP contribution is -2.29. The molecule has 0 aliphatic heterocycles. The van der Waals surface area contributed by atoms with Crippen LogP contribution in [-0.4, -0.2) is 12.1 Å². The van der Waals surface area contributed by atoms with Crippen LogP contribution in [0.4, 0.5) is 0 Å². The fourth-order valence-electron chi connectivity index (χ4n) is 1.27. The Morgan fingerprint density at radius 2 is 1.93 bits per heavy atom. The second-order valence-corrected chi connectivity index (χ2v) is 3.75. The molecule has 1 unspecified atom stereocenters. The van der Waals surface area contributed by atoms with Crippen molar-refractivity contribution in [2.75, 3.05) is 0 Å². The van der Waals surface area contributed by atoms with E-state index < -0.39 is 5.41 Å². The van der Waals surface area contributed by atoms with Crippen LogP contribution < -0.4 is 0 Å². The van der Waals surface area contributed by atoms with Gasteiger partial charge in [-0.1, -0.05) is 30.3 Å². The fraction of sp³-hybridized carbons (Fsp3) is 0.333. The molecule has 14 heavy (non-hydrogen) atoms. The number of carbonyl (C=O) groups excluding carboxylic acids is 2. The van der Waals surface area contributed by atoms with Crippen molar-refractivity contribution >= 4 is 12.1 Å². The van der Waals surface area contributed by atoms with Gasteiger partial charge in [0, 0.05) is 0 Å². The van der Waals surface area contributed by atoms with E-state index in [0.717, 1.165) is 11.8 Å². The van der Waals surface area contributed by atoms with E-state index in [-0.39, 0.29) is 5.78 Å². The Labute approximate surface area is 83.9 Å². The second-order valence-electron chi connectivity index (χ2n) is 3.75. The first-order chi connectivity index (χ1) is 6.58. The van der Waals surface area contributed by atoms with Crippen LogP contribution in [0.15, 0.2) is 30.3 Å². The van der Waals surface area contributed by atoms with Gasteiger partial charge in [-0.3, -0.25) is 4.79 Å². The minimum Gasteiger partial charge on any atom is -0.302 e. The molecule has 0 saturated carbocycles. The third-order valence-corrected chi connectivity index (χ3v) is 2.48. The summed E-state index contributed by atoms with van der Waals surface area (Å²) in [6, 6.07) is 9.56. The summed E-state index contributed by atoms with van der Waals surface area (Å²) in [6.45, 7) is 3.13. The molecular weight excluding hydrogens is 176 g/mol. The van der Waals surface area contributed by atoms with Crippen molar-refractivity contribution in [3.8, 4) is 0 Å². The van der Waals surface area contributed by atoms with E-state index in [4.69, 9.17) is 0 Å². The van der Waals surface area contributed by atoms with Crippen molar-refractivity contribution in [2.45, 2.75) is 20.3 Å². The van der Waals surface area contributed by atoms with Gasteiger partial charge < -0.3 is 4.79 Å². The molecule has 0 saturated heterocycles. The summed E-state index contributed by atoms with van der Waals surface area (Å²) in [6.07, 6.45) is 1.22. The largest absolute Gasteiger partial charge is 0.302 e. The quantitative estimate of drug-likeness (QED) is 0.537. The molecule has 0 aliphatic rings. The molecule has 0 N–H and O–H groups in total. The smallest absolute Gasteiger partial charge is 0.143 e. The molecule has 0 amide bonds. The van der Waals surface area contributed by atoms with Gasteiger partial charge in [0.25, 0.3) is 0 Å². The second kappa shape index (κ2) is 4.18. The topological polar surface area (TPSA) is 34.1 Å². The van der Waals surface area contributed by atoms with Gasteiger partial charge in [-0.2, -0.15) is 0 Å². The molecule has 0 bridgehead atoms. The van der Waals surface area contributed by atoms with Crippen LogP contribution in [0.5, 0.6) is 0 Å². The van der Waals surface area contributed by atoms with Crippen LogP contribution in [0.2, 0.25) is 0 Å². The van der Waals surface area contributed by atoms with Gasteiger partial charge in [-0.05, 0) is 25.8 Å². The highest BCUT2D eigenvalue weighted by atomic mass is 16.1.